The van der Waals surface area contributed by atoms with Crippen molar-refractivity contribution in [1.29, 1.82) is 5.26 Å². The Labute approximate surface area is 186 Å². The van der Waals surface area contributed by atoms with Gasteiger partial charge in [-0.2, -0.15) is 15.3 Å². The molecule has 0 amide bonds. The summed E-state index contributed by atoms with van der Waals surface area (Å²) in [6, 6.07) is 15.6. The van der Waals surface area contributed by atoms with Crippen molar-refractivity contribution in [2.75, 3.05) is 0 Å². The third-order valence-electron chi connectivity index (χ3n) is 5.30. The van der Waals surface area contributed by atoms with Crippen LogP contribution in [0.1, 0.15) is 53.7 Å². The van der Waals surface area contributed by atoms with Crippen LogP contribution in [0.5, 0.6) is 0 Å². The number of rotatable bonds is 5. The molecule has 0 N–H and O–H groups in total. The molecule has 0 bridgehead atoms. The number of nitriles is 1. The van der Waals surface area contributed by atoms with E-state index < -0.39 is 0 Å². The maximum atomic E-state index is 9.09. The van der Waals surface area contributed by atoms with E-state index in [0.717, 1.165) is 40.2 Å². The zero-order chi connectivity index (χ0) is 22.1. The fourth-order valence-electron chi connectivity index (χ4n) is 3.46. The Bertz CT molecular complexity index is 1280. The van der Waals surface area contributed by atoms with Gasteiger partial charge >= 0.3 is 0 Å². The largest absolute Gasteiger partial charge is 0.334 e. The number of nitrogens with zero attached hydrogens (tertiary/aromatic N) is 5. The van der Waals surface area contributed by atoms with Gasteiger partial charge in [0.15, 0.2) is 5.82 Å². The lowest BCUT2D eigenvalue weighted by Gasteiger charge is -2.07. The van der Waals surface area contributed by atoms with Crippen LogP contribution < -0.4 is 0 Å². The molecule has 2 heterocycles. The lowest BCUT2D eigenvalue weighted by Crippen LogP contribution is -2.00. The highest BCUT2D eigenvalue weighted by Crippen LogP contribution is 2.26. The summed E-state index contributed by atoms with van der Waals surface area (Å²) in [6.07, 6.45) is 0.753. The first kappa shape index (κ1) is 20.8. The Morgan fingerprint density at radius 1 is 1.13 bits per heavy atom. The molecule has 0 radical (unpaired) electrons. The molecule has 2 aromatic carbocycles. The molecule has 0 unspecified atom stereocenters. The maximum Gasteiger partial charge on any atom is 0.257 e. The summed E-state index contributed by atoms with van der Waals surface area (Å²) in [5, 5.41) is 18.2. The summed E-state index contributed by atoms with van der Waals surface area (Å²) in [6.45, 7) is 8.12. The van der Waals surface area contributed by atoms with Gasteiger partial charge in [0.2, 0.25) is 0 Å². The first-order valence-corrected chi connectivity index (χ1v) is 10.4. The third kappa shape index (κ3) is 4.10. The predicted molar refractivity (Wildman–Crippen MR) is 119 cm³/mol. The summed E-state index contributed by atoms with van der Waals surface area (Å²) < 4.78 is 7.25. The lowest BCUT2D eigenvalue weighted by molar-refractivity contribution is 0.419. The third-order valence-corrected chi connectivity index (χ3v) is 5.61. The van der Waals surface area contributed by atoms with Gasteiger partial charge in [0.25, 0.3) is 5.89 Å². The maximum absolute atomic E-state index is 9.09. The molecule has 0 aliphatic rings. The van der Waals surface area contributed by atoms with Crippen LogP contribution in [0.4, 0.5) is 0 Å². The van der Waals surface area contributed by atoms with Crippen LogP contribution in [0.3, 0.4) is 0 Å². The van der Waals surface area contributed by atoms with Gasteiger partial charge in [0, 0.05) is 29.2 Å². The zero-order valence-electron chi connectivity index (χ0n) is 17.8. The molecule has 4 rings (SSSR count). The minimum Gasteiger partial charge on any atom is -0.334 e. The minimum absolute atomic E-state index is 0.227. The Balaban J connectivity index is 1.58. The van der Waals surface area contributed by atoms with Crippen molar-refractivity contribution in [3.63, 3.8) is 0 Å². The standard InChI is InChI=1S/C24H22ClN5O/c1-14(2)23-27-24(31-29-23)18-7-5-17(6-8-18)11-21-15(3)28-30(16(21)4)20-10-9-19(13-26)22(25)12-20/h5-10,12,14H,11H2,1-4H3. The summed E-state index contributed by atoms with van der Waals surface area (Å²) in [5.74, 6) is 1.47. The van der Waals surface area contributed by atoms with E-state index in [4.69, 9.17) is 26.5 Å². The molecular formula is C24H22ClN5O. The van der Waals surface area contributed by atoms with Crippen molar-refractivity contribution in [1.82, 2.24) is 19.9 Å². The van der Waals surface area contributed by atoms with Crippen LogP contribution in [-0.4, -0.2) is 19.9 Å². The molecule has 0 saturated heterocycles. The zero-order valence-corrected chi connectivity index (χ0v) is 18.6. The van der Waals surface area contributed by atoms with Crippen molar-refractivity contribution in [3.05, 3.63) is 81.4 Å². The number of benzene rings is 2. The predicted octanol–water partition coefficient (Wildman–Crippen LogP) is 5.78. The lowest BCUT2D eigenvalue weighted by atomic mass is 10.0. The van der Waals surface area contributed by atoms with Gasteiger partial charge < -0.3 is 4.52 Å². The van der Waals surface area contributed by atoms with Crippen molar-refractivity contribution in [2.45, 2.75) is 40.0 Å². The van der Waals surface area contributed by atoms with Gasteiger partial charge in [-0.05, 0) is 49.7 Å². The molecule has 31 heavy (non-hydrogen) atoms. The molecule has 0 spiro atoms. The van der Waals surface area contributed by atoms with Crippen molar-refractivity contribution < 1.29 is 4.52 Å². The van der Waals surface area contributed by atoms with Gasteiger partial charge in [-0.1, -0.05) is 42.7 Å². The molecule has 0 atom stereocenters. The Kier molecular flexibility index (Phi) is 5.62. The minimum atomic E-state index is 0.227. The molecule has 6 nitrogen and oxygen atoms in total. The van der Waals surface area contributed by atoms with E-state index in [0.29, 0.717) is 22.3 Å². The van der Waals surface area contributed by atoms with E-state index in [-0.39, 0.29) is 5.92 Å². The smallest absolute Gasteiger partial charge is 0.257 e. The quantitative estimate of drug-likeness (QED) is 0.400. The van der Waals surface area contributed by atoms with E-state index >= 15 is 0 Å². The number of hydrogen-bond donors (Lipinski definition) is 0. The molecule has 0 fully saturated rings. The summed E-state index contributed by atoms with van der Waals surface area (Å²) in [5.41, 5.74) is 6.52. The van der Waals surface area contributed by atoms with Crippen molar-refractivity contribution in [3.8, 4) is 23.2 Å². The number of halogens is 1. The van der Waals surface area contributed by atoms with Crippen LogP contribution in [0.25, 0.3) is 17.1 Å². The summed E-state index contributed by atoms with van der Waals surface area (Å²) in [4.78, 5) is 4.46. The number of aryl methyl sites for hydroxylation is 1. The second-order valence-corrected chi connectivity index (χ2v) is 8.23. The summed E-state index contributed by atoms with van der Waals surface area (Å²) in [7, 11) is 0. The highest BCUT2D eigenvalue weighted by Gasteiger charge is 2.15. The molecule has 0 aliphatic heterocycles. The van der Waals surface area contributed by atoms with E-state index in [1.54, 1.807) is 12.1 Å². The first-order valence-electron chi connectivity index (χ1n) is 10.1. The molecule has 156 valence electrons. The molecular weight excluding hydrogens is 410 g/mol. The molecule has 4 aromatic rings. The Hall–Kier alpha value is -3.43. The van der Waals surface area contributed by atoms with E-state index in [1.807, 2.05) is 50.6 Å². The average Bonchev–Trinajstić information content (AvgIpc) is 3.35. The first-order chi connectivity index (χ1) is 14.9. The highest BCUT2D eigenvalue weighted by molar-refractivity contribution is 6.31. The monoisotopic (exact) mass is 431 g/mol. The van der Waals surface area contributed by atoms with Gasteiger partial charge in [0.1, 0.15) is 6.07 Å². The number of aromatic nitrogens is 4. The van der Waals surface area contributed by atoms with Gasteiger partial charge in [0.05, 0.1) is 22.0 Å². The Morgan fingerprint density at radius 3 is 2.48 bits per heavy atom. The van der Waals surface area contributed by atoms with Crippen molar-refractivity contribution in [2.24, 2.45) is 0 Å². The summed E-state index contributed by atoms with van der Waals surface area (Å²) >= 11 is 6.21. The topological polar surface area (TPSA) is 80.5 Å². The average molecular weight is 432 g/mol. The second kappa shape index (κ2) is 8.37. The van der Waals surface area contributed by atoms with Crippen LogP contribution in [0.15, 0.2) is 47.0 Å². The Morgan fingerprint density at radius 2 is 1.87 bits per heavy atom. The molecule has 2 aromatic heterocycles. The van der Waals surface area contributed by atoms with Crippen LogP contribution in [0, 0.1) is 25.2 Å². The fraction of sp³-hybridized carbons (Fsp3) is 0.250. The van der Waals surface area contributed by atoms with Gasteiger partial charge in [-0.25, -0.2) is 4.68 Å². The van der Waals surface area contributed by atoms with Crippen LogP contribution in [-0.2, 0) is 6.42 Å². The SMILES string of the molecule is Cc1nn(-c2ccc(C#N)c(Cl)c2)c(C)c1Cc1ccc(-c2nc(C(C)C)no2)cc1. The van der Waals surface area contributed by atoms with E-state index in [9.17, 15) is 0 Å². The fourth-order valence-corrected chi connectivity index (χ4v) is 3.68. The second-order valence-electron chi connectivity index (χ2n) is 7.82. The van der Waals surface area contributed by atoms with Crippen LogP contribution >= 0.6 is 11.6 Å². The van der Waals surface area contributed by atoms with Crippen molar-refractivity contribution >= 4 is 11.6 Å². The highest BCUT2D eigenvalue weighted by atomic mass is 35.5. The molecule has 0 aliphatic carbocycles. The van der Waals surface area contributed by atoms with Gasteiger partial charge in [-0.3, -0.25) is 0 Å². The number of hydrogen-bond acceptors (Lipinski definition) is 5. The molecule has 0 saturated carbocycles. The van der Waals surface area contributed by atoms with E-state index in [2.05, 4.69) is 28.3 Å². The van der Waals surface area contributed by atoms with E-state index in [1.165, 1.54) is 0 Å². The normalized spacial score (nSPS) is 11.1. The van der Waals surface area contributed by atoms with Crippen LogP contribution in [0.2, 0.25) is 5.02 Å². The molecule has 7 heteroatoms. The van der Waals surface area contributed by atoms with Gasteiger partial charge in [-0.15, -0.1) is 0 Å².